The summed E-state index contributed by atoms with van der Waals surface area (Å²) >= 11 is 5.50. The van der Waals surface area contributed by atoms with Crippen LogP contribution in [0.15, 0.2) is 48.5 Å². The number of hydrogen-bond donors (Lipinski definition) is 2. The second-order valence-electron chi connectivity index (χ2n) is 6.26. The van der Waals surface area contributed by atoms with Crippen molar-refractivity contribution in [3.8, 4) is 11.5 Å². The molecule has 2 N–H and O–H groups in total. The summed E-state index contributed by atoms with van der Waals surface area (Å²) in [6.07, 6.45) is 1.01. The third-order valence-electron chi connectivity index (χ3n) is 3.84. The third kappa shape index (κ3) is 4.17. The van der Waals surface area contributed by atoms with Crippen LogP contribution in [-0.2, 0) is 0 Å². The number of hydrogen-bond acceptors (Lipinski definition) is 3. The minimum atomic E-state index is 0.181. The standard InChI is InChI=1S/C19H22N2O2S/c1-13(2)10-16(14-6-4-3-5-7-14)21-19(24)20-15-8-9-17-18(11-15)23-12-22-17/h3-9,11,13,16H,10,12H2,1-2H3,(H2,20,21,24)/t16-/m0/s1. The molecule has 1 aliphatic rings. The van der Waals surface area contributed by atoms with Crippen LogP contribution in [0.3, 0.4) is 0 Å². The first kappa shape index (κ1) is 16.6. The van der Waals surface area contributed by atoms with Gasteiger partial charge in [0.2, 0.25) is 6.79 Å². The molecular formula is C19H22N2O2S. The van der Waals surface area contributed by atoms with Crippen LogP contribution in [0.5, 0.6) is 11.5 Å². The molecule has 3 rings (SSSR count). The number of anilines is 1. The molecule has 5 heteroatoms. The third-order valence-corrected chi connectivity index (χ3v) is 4.06. The molecule has 0 saturated carbocycles. The van der Waals surface area contributed by atoms with Gasteiger partial charge in [0.15, 0.2) is 16.6 Å². The molecule has 0 aromatic heterocycles. The Balaban J connectivity index is 1.67. The van der Waals surface area contributed by atoms with E-state index in [2.05, 4.69) is 48.7 Å². The van der Waals surface area contributed by atoms with E-state index in [9.17, 15) is 0 Å². The zero-order valence-electron chi connectivity index (χ0n) is 13.9. The van der Waals surface area contributed by atoms with Gasteiger partial charge in [0.1, 0.15) is 0 Å². The molecule has 2 aromatic rings. The number of ether oxygens (including phenoxy) is 2. The Bertz CT molecular complexity index is 704. The molecule has 0 amide bonds. The maximum Gasteiger partial charge on any atom is 0.231 e. The van der Waals surface area contributed by atoms with Crippen molar-refractivity contribution in [3.63, 3.8) is 0 Å². The first-order valence-electron chi connectivity index (χ1n) is 8.14. The van der Waals surface area contributed by atoms with Crippen LogP contribution in [0.4, 0.5) is 5.69 Å². The lowest BCUT2D eigenvalue weighted by Crippen LogP contribution is -2.33. The Kier molecular flexibility index (Phi) is 5.20. The van der Waals surface area contributed by atoms with E-state index >= 15 is 0 Å². The fraction of sp³-hybridized carbons (Fsp3) is 0.316. The van der Waals surface area contributed by atoms with Crippen molar-refractivity contribution in [2.24, 2.45) is 5.92 Å². The molecule has 0 aliphatic carbocycles. The lowest BCUT2D eigenvalue weighted by atomic mass is 9.97. The monoisotopic (exact) mass is 342 g/mol. The lowest BCUT2D eigenvalue weighted by Gasteiger charge is -2.23. The van der Waals surface area contributed by atoms with Gasteiger partial charge in [-0.1, -0.05) is 44.2 Å². The molecule has 4 nitrogen and oxygen atoms in total. The van der Waals surface area contributed by atoms with Crippen molar-refractivity contribution in [2.45, 2.75) is 26.3 Å². The highest BCUT2D eigenvalue weighted by Crippen LogP contribution is 2.34. The van der Waals surface area contributed by atoms with Crippen LogP contribution >= 0.6 is 12.2 Å². The fourth-order valence-corrected chi connectivity index (χ4v) is 2.99. The van der Waals surface area contributed by atoms with E-state index in [1.165, 1.54) is 5.56 Å². The Morgan fingerprint density at radius 3 is 2.58 bits per heavy atom. The van der Waals surface area contributed by atoms with Crippen molar-refractivity contribution >= 4 is 23.0 Å². The molecule has 1 atom stereocenters. The van der Waals surface area contributed by atoms with E-state index in [1.807, 2.05) is 24.3 Å². The molecule has 0 saturated heterocycles. The van der Waals surface area contributed by atoms with Crippen LogP contribution in [0.1, 0.15) is 31.9 Å². The number of thiocarbonyl (C=S) groups is 1. The van der Waals surface area contributed by atoms with Gasteiger partial charge in [-0.2, -0.15) is 0 Å². The Morgan fingerprint density at radius 1 is 1.08 bits per heavy atom. The molecule has 24 heavy (non-hydrogen) atoms. The van der Waals surface area contributed by atoms with E-state index in [1.54, 1.807) is 0 Å². The normalized spacial score (nSPS) is 13.6. The minimum Gasteiger partial charge on any atom is -0.454 e. The quantitative estimate of drug-likeness (QED) is 0.784. The van der Waals surface area contributed by atoms with E-state index < -0.39 is 0 Å². The molecule has 0 radical (unpaired) electrons. The summed E-state index contributed by atoms with van der Waals surface area (Å²) in [6, 6.07) is 16.3. The minimum absolute atomic E-state index is 0.181. The summed E-state index contributed by atoms with van der Waals surface area (Å²) in [5, 5.41) is 7.26. The molecule has 0 fully saturated rings. The van der Waals surface area contributed by atoms with Gasteiger partial charge in [-0.25, -0.2) is 0 Å². The summed E-state index contributed by atoms with van der Waals surface area (Å²) in [4.78, 5) is 0. The van der Waals surface area contributed by atoms with E-state index in [0.717, 1.165) is 23.6 Å². The van der Waals surface area contributed by atoms with Gasteiger partial charge < -0.3 is 20.1 Å². The molecule has 0 unspecified atom stereocenters. The van der Waals surface area contributed by atoms with Gasteiger partial charge in [0.25, 0.3) is 0 Å². The summed E-state index contributed by atoms with van der Waals surface area (Å²) in [7, 11) is 0. The average Bonchev–Trinajstić information content (AvgIpc) is 3.02. The molecule has 1 aliphatic heterocycles. The number of fused-ring (bicyclic) bond motifs is 1. The van der Waals surface area contributed by atoms with E-state index in [4.69, 9.17) is 21.7 Å². The van der Waals surface area contributed by atoms with E-state index in [0.29, 0.717) is 11.0 Å². The van der Waals surface area contributed by atoms with Crippen molar-refractivity contribution in [3.05, 3.63) is 54.1 Å². The van der Waals surface area contributed by atoms with Crippen molar-refractivity contribution in [1.82, 2.24) is 5.32 Å². The average molecular weight is 342 g/mol. The second-order valence-corrected chi connectivity index (χ2v) is 6.67. The number of rotatable bonds is 5. The van der Waals surface area contributed by atoms with Crippen LogP contribution in [0.25, 0.3) is 0 Å². The van der Waals surface area contributed by atoms with Gasteiger partial charge >= 0.3 is 0 Å². The predicted octanol–water partition coefficient (Wildman–Crippen LogP) is 4.49. The van der Waals surface area contributed by atoms with Crippen LogP contribution in [0.2, 0.25) is 0 Å². The van der Waals surface area contributed by atoms with Gasteiger partial charge in [-0.05, 0) is 42.3 Å². The SMILES string of the molecule is CC(C)C[C@H](NC(=S)Nc1ccc2c(c1)OCO2)c1ccccc1. The van der Waals surface area contributed by atoms with Gasteiger partial charge in [-0.15, -0.1) is 0 Å². The maximum atomic E-state index is 5.50. The summed E-state index contributed by atoms with van der Waals surface area (Å²) in [5.74, 6) is 2.07. The van der Waals surface area contributed by atoms with Gasteiger partial charge in [0.05, 0.1) is 6.04 Å². The van der Waals surface area contributed by atoms with Crippen LogP contribution < -0.4 is 20.1 Å². The zero-order valence-corrected chi connectivity index (χ0v) is 14.7. The Morgan fingerprint density at radius 2 is 1.83 bits per heavy atom. The molecule has 2 aromatic carbocycles. The molecular weight excluding hydrogens is 320 g/mol. The van der Waals surface area contributed by atoms with Crippen LogP contribution in [0, 0.1) is 5.92 Å². The van der Waals surface area contributed by atoms with Crippen LogP contribution in [-0.4, -0.2) is 11.9 Å². The van der Waals surface area contributed by atoms with E-state index in [-0.39, 0.29) is 12.8 Å². The topological polar surface area (TPSA) is 42.5 Å². The lowest BCUT2D eigenvalue weighted by molar-refractivity contribution is 0.174. The first-order valence-corrected chi connectivity index (χ1v) is 8.55. The predicted molar refractivity (Wildman–Crippen MR) is 101 cm³/mol. The zero-order chi connectivity index (χ0) is 16.9. The largest absolute Gasteiger partial charge is 0.454 e. The molecule has 126 valence electrons. The molecule has 0 bridgehead atoms. The second kappa shape index (κ2) is 7.53. The van der Waals surface area contributed by atoms with Gasteiger partial charge in [0, 0.05) is 11.8 Å². The smallest absolute Gasteiger partial charge is 0.231 e. The molecule has 0 spiro atoms. The highest BCUT2D eigenvalue weighted by molar-refractivity contribution is 7.80. The van der Waals surface area contributed by atoms with Gasteiger partial charge in [-0.3, -0.25) is 0 Å². The number of nitrogens with one attached hydrogen (secondary N) is 2. The Hall–Kier alpha value is -2.27. The summed E-state index contributed by atoms with van der Waals surface area (Å²) in [6.45, 7) is 4.70. The molecule has 1 heterocycles. The maximum absolute atomic E-state index is 5.50. The first-order chi connectivity index (χ1) is 11.6. The highest BCUT2D eigenvalue weighted by atomic mass is 32.1. The Labute approximate surface area is 148 Å². The summed E-state index contributed by atoms with van der Waals surface area (Å²) in [5.41, 5.74) is 2.12. The fourth-order valence-electron chi connectivity index (χ4n) is 2.73. The van der Waals surface area contributed by atoms with Crippen molar-refractivity contribution in [1.29, 1.82) is 0 Å². The summed E-state index contributed by atoms with van der Waals surface area (Å²) < 4.78 is 10.7. The highest BCUT2D eigenvalue weighted by Gasteiger charge is 2.16. The number of benzene rings is 2. The van der Waals surface area contributed by atoms with Crippen molar-refractivity contribution in [2.75, 3.05) is 12.1 Å². The van der Waals surface area contributed by atoms with Crippen molar-refractivity contribution < 1.29 is 9.47 Å².